The molecule has 1 fully saturated rings. The number of aromatic nitrogens is 2. The van der Waals surface area contributed by atoms with Crippen molar-refractivity contribution in [1.29, 1.82) is 0 Å². The van der Waals surface area contributed by atoms with Crippen molar-refractivity contribution >= 4 is 22.4 Å². The van der Waals surface area contributed by atoms with Crippen molar-refractivity contribution in [3.63, 3.8) is 0 Å². The van der Waals surface area contributed by atoms with Crippen LogP contribution >= 0.6 is 0 Å². The predicted octanol–water partition coefficient (Wildman–Crippen LogP) is 6.35. The Morgan fingerprint density at radius 3 is 2.73 bits per heavy atom. The van der Waals surface area contributed by atoms with Crippen molar-refractivity contribution in [3.05, 3.63) is 59.4 Å². The van der Waals surface area contributed by atoms with Crippen molar-refractivity contribution in [2.24, 2.45) is 0 Å². The van der Waals surface area contributed by atoms with Crippen LogP contribution in [0.15, 0.2) is 42.7 Å². The molecular weight excluding hydrogens is 368 g/mol. The Labute approximate surface area is 180 Å². The van der Waals surface area contributed by atoms with E-state index in [1.807, 2.05) is 12.4 Å². The maximum absolute atomic E-state index is 4.82. The molecule has 4 rings (SSSR count). The second-order valence-corrected chi connectivity index (χ2v) is 9.74. The summed E-state index contributed by atoms with van der Waals surface area (Å²) in [6.45, 7) is 13.4. The number of hydrogen-bond donors (Lipinski definition) is 1. The largest absolute Gasteiger partial charge is 0.338 e. The van der Waals surface area contributed by atoms with Gasteiger partial charge in [0.25, 0.3) is 0 Å². The van der Waals surface area contributed by atoms with E-state index in [0.29, 0.717) is 6.04 Å². The lowest BCUT2D eigenvalue weighted by Gasteiger charge is -2.33. The molecule has 4 nitrogen and oxygen atoms in total. The van der Waals surface area contributed by atoms with Gasteiger partial charge in [0.15, 0.2) is 5.82 Å². The molecule has 0 bridgehead atoms. The Hall–Kier alpha value is -2.46. The average Bonchev–Trinajstić information content (AvgIpc) is 2.70. The first kappa shape index (κ1) is 20.8. The van der Waals surface area contributed by atoms with Crippen molar-refractivity contribution in [2.75, 3.05) is 11.9 Å². The van der Waals surface area contributed by atoms with Gasteiger partial charge in [0.05, 0.1) is 0 Å². The summed E-state index contributed by atoms with van der Waals surface area (Å²) in [5, 5.41) is 4.69. The van der Waals surface area contributed by atoms with Gasteiger partial charge in [-0.15, -0.1) is 0 Å². The lowest BCUT2D eigenvalue weighted by Crippen LogP contribution is -2.36. The molecule has 4 heteroatoms. The van der Waals surface area contributed by atoms with Crippen molar-refractivity contribution < 1.29 is 0 Å². The van der Waals surface area contributed by atoms with Crippen molar-refractivity contribution in [3.8, 4) is 0 Å². The number of fused-ring (bicyclic) bond motifs is 1. The molecule has 0 aliphatic carbocycles. The summed E-state index contributed by atoms with van der Waals surface area (Å²) >= 11 is 0. The predicted molar refractivity (Wildman–Crippen MR) is 126 cm³/mol. The van der Waals surface area contributed by atoms with Crippen LogP contribution < -0.4 is 5.32 Å². The fraction of sp³-hybridized carbons (Fsp3) is 0.462. The zero-order valence-electron chi connectivity index (χ0n) is 19.0. The topological polar surface area (TPSA) is 41.1 Å². The third-order valence-corrected chi connectivity index (χ3v) is 6.38. The van der Waals surface area contributed by atoms with Gasteiger partial charge in [-0.05, 0) is 73.5 Å². The van der Waals surface area contributed by atoms with Crippen LogP contribution in [0, 0.1) is 6.92 Å². The highest BCUT2D eigenvalue weighted by molar-refractivity contribution is 5.90. The van der Waals surface area contributed by atoms with E-state index in [-0.39, 0.29) is 5.41 Å². The number of nitrogens with one attached hydrogen (secondary N) is 1. The Kier molecular flexibility index (Phi) is 5.79. The second kappa shape index (κ2) is 8.35. The molecule has 1 N–H and O–H groups in total. The number of pyridine rings is 2. The van der Waals surface area contributed by atoms with Crippen LogP contribution in [0.5, 0.6) is 0 Å². The Balaban J connectivity index is 1.62. The molecule has 3 aromatic rings. The minimum absolute atomic E-state index is 0.104. The highest BCUT2D eigenvalue weighted by atomic mass is 15.2. The molecule has 158 valence electrons. The summed E-state index contributed by atoms with van der Waals surface area (Å²) in [7, 11) is 0. The lowest BCUT2D eigenvalue weighted by atomic mass is 9.83. The fourth-order valence-corrected chi connectivity index (χ4v) is 4.62. The third kappa shape index (κ3) is 4.34. The summed E-state index contributed by atoms with van der Waals surface area (Å²) in [4.78, 5) is 12.0. The molecular formula is C26H34N4. The normalized spacial score (nSPS) is 18.0. The SMILES string of the molecule is Cc1c(Nc2nccc3cc(CN4CCCC[C@H]4C)cnc23)cccc1C(C)(C)C. The zero-order chi connectivity index (χ0) is 21.3. The standard InChI is InChI=1S/C26H34N4/c1-18-9-6-7-14-30(18)17-20-15-21-12-13-27-25(24(21)28-16-20)29-23-11-8-10-22(19(23)2)26(3,4)5/h8,10-13,15-16,18H,6-7,9,14,17H2,1-5H3,(H,27,29)/t18-/m1/s1. The van der Waals surface area contributed by atoms with E-state index in [2.05, 4.69) is 80.2 Å². The Morgan fingerprint density at radius 1 is 1.13 bits per heavy atom. The maximum atomic E-state index is 4.82. The van der Waals surface area contributed by atoms with E-state index in [4.69, 9.17) is 4.98 Å². The van der Waals surface area contributed by atoms with E-state index in [0.717, 1.165) is 29.0 Å². The van der Waals surface area contributed by atoms with Gasteiger partial charge in [0.1, 0.15) is 5.52 Å². The van der Waals surface area contributed by atoms with E-state index < -0.39 is 0 Å². The smallest absolute Gasteiger partial charge is 0.156 e. The first-order valence-corrected chi connectivity index (χ1v) is 11.2. The van der Waals surface area contributed by atoms with E-state index >= 15 is 0 Å². The van der Waals surface area contributed by atoms with Gasteiger partial charge >= 0.3 is 0 Å². The van der Waals surface area contributed by atoms with Gasteiger partial charge in [0, 0.05) is 36.1 Å². The Bertz CT molecular complexity index is 1030. The summed E-state index contributed by atoms with van der Waals surface area (Å²) < 4.78 is 0. The molecule has 0 unspecified atom stereocenters. The molecule has 30 heavy (non-hydrogen) atoms. The van der Waals surface area contributed by atoms with Crippen molar-refractivity contribution in [2.45, 2.75) is 71.9 Å². The molecule has 3 heterocycles. The van der Waals surface area contributed by atoms with Gasteiger partial charge in [-0.25, -0.2) is 4.98 Å². The average molecular weight is 403 g/mol. The van der Waals surface area contributed by atoms with Crippen LogP contribution in [0.4, 0.5) is 11.5 Å². The molecule has 1 aromatic carbocycles. The van der Waals surface area contributed by atoms with E-state index in [1.54, 1.807) is 0 Å². The first-order valence-electron chi connectivity index (χ1n) is 11.2. The minimum atomic E-state index is 0.104. The summed E-state index contributed by atoms with van der Waals surface area (Å²) in [6, 6.07) is 11.4. The number of hydrogen-bond acceptors (Lipinski definition) is 4. The number of likely N-dealkylation sites (tertiary alicyclic amines) is 1. The second-order valence-electron chi connectivity index (χ2n) is 9.74. The monoisotopic (exact) mass is 402 g/mol. The van der Waals surface area contributed by atoms with Crippen LogP contribution in [0.1, 0.15) is 63.6 Å². The molecule has 1 aliphatic rings. The molecule has 2 aromatic heterocycles. The number of piperidine rings is 1. The third-order valence-electron chi connectivity index (χ3n) is 6.38. The molecule has 1 atom stereocenters. The van der Waals surface area contributed by atoms with Crippen LogP contribution in [0.3, 0.4) is 0 Å². The first-order chi connectivity index (χ1) is 14.3. The highest BCUT2D eigenvalue weighted by Crippen LogP contribution is 2.32. The van der Waals surface area contributed by atoms with Crippen LogP contribution in [0.2, 0.25) is 0 Å². The molecule has 0 saturated carbocycles. The highest BCUT2D eigenvalue weighted by Gasteiger charge is 2.20. The fourth-order valence-electron chi connectivity index (χ4n) is 4.62. The van der Waals surface area contributed by atoms with E-state index in [9.17, 15) is 0 Å². The van der Waals surface area contributed by atoms with Gasteiger partial charge in [-0.1, -0.05) is 39.3 Å². The molecule has 0 amide bonds. The Morgan fingerprint density at radius 2 is 1.97 bits per heavy atom. The van der Waals surface area contributed by atoms with Gasteiger partial charge < -0.3 is 5.32 Å². The van der Waals surface area contributed by atoms with Crippen LogP contribution in [-0.2, 0) is 12.0 Å². The summed E-state index contributed by atoms with van der Waals surface area (Å²) in [5.74, 6) is 0.819. The molecule has 1 aliphatic heterocycles. The molecule has 0 spiro atoms. The van der Waals surface area contributed by atoms with E-state index in [1.165, 1.54) is 42.5 Å². The number of rotatable bonds is 4. The van der Waals surface area contributed by atoms with Gasteiger partial charge in [-0.3, -0.25) is 9.88 Å². The van der Waals surface area contributed by atoms with Crippen LogP contribution in [-0.4, -0.2) is 27.5 Å². The van der Waals surface area contributed by atoms with Gasteiger partial charge in [-0.2, -0.15) is 0 Å². The number of benzene rings is 1. The maximum Gasteiger partial charge on any atom is 0.156 e. The van der Waals surface area contributed by atoms with Gasteiger partial charge in [0.2, 0.25) is 0 Å². The number of nitrogens with zero attached hydrogens (tertiary/aromatic N) is 3. The van der Waals surface area contributed by atoms with Crippen LogP contribution in [0.25, 0.3) is 10.9 Å². The van der Waals surface area contributed by atoms with Crippen molar-refractivity contribution in [1.82, 2.24) is 14.9 Å². The quantitative estimate of drug-likeness (QED) is 0.552. The lowest BCUT2D eigenvalue weighted by molar-refractivity contribution is 0.152. The summed E-state index contributed by atoms with van der Waals surface area (Å²) in [5.41, 5.74) is 6.01. The number of anilines is 2. The molecule has 0 radical (unpaired) electrons. The minimum Gasteiger partial charge on any atom is -0.338 e. The molecule has 1 saturated heterocycles. The zero-order valence-corrected chi connectivity index (χ0v) is 19.0. The summed E-state index contributed by atoms with van der Waals surface area (Å²) in [6.07, 6.45) is 7.85.